The summed E-state index contributed by atoms with van der Waals surface area (Å²) >= 11 is 0. The van der Waals surface area contributed by atoms with Crippen LogP contribution in [0.15, 0.2) is 41.5 Å². The zero-order chi connectivity index (χ0) is 21.2. The molecule has 1 atom stereocenters. The molecule has 0 radical (unpaired) electrons. The minimum absolute atomic E-state index is 0.0816. The van der Waals surface area contributed by atoms with E-state index < -0.39 is 0 Å². The zero-order valence-corrected chi connectivity index (χ0v) is 17.3. The van der Waals surface area contributed by atoms with Crippen molar-refractivity contribution in [3.8, 4) is 6.07 Å². The van der Waals surface area contributed by atoms with Gasteiger partial charge in [-0.05, 0) is 42.7 Å². The number of fused-ring (bicyclic) bond motifs is 1. The Kier molecular flexibility index (Phi) is 5.37. The Labute approximate surface area is 180 Å². The first kappa shape index (κ1) is 19.7. The molecule has 8 heteroatoms. The maximum Gasteiger partial charge on any atom is 0.254 e. The largest absolute Gasteiger partial charge is 0.373 e. The first-order valence-corrected chi connectivity index (χ1v) is 10.7. The number of aromatic nitrogens is 3. The summed E-state index contributed by atoms with van der Waals surface area (Å²) in [4.78, 5) is 29.1. The van der Waals surface area contributed by atoms with Crippen LogP contribution >= 0.6 is 0 Å². The second-order valence-corrected chi connectivity index (χ2v) is 8.11. The number of H-pyrrole nitrogens is 1. The van der Waals surface area contributed by atoms with Crippen LogP contribution in [0.25, 0.3) is 11.0 Å². The van der Waals surface area contributed by atoms with Gasteiger partial charge in [-0.3, -0.25) is 14.7 Å². The van der Waals surface area contributed by atoms with Crippen molar-refractivity contribution in [2.45, 2.75) is 25.5 Å². The van der Waals surface area contributed by atoms with Crippen molar-refractivity contribution in [2.24, 2.45) is 0 Å². The molecule has 2 fully saturated rings. The van der Waals surface area contributed by atoms with E-state index in [1.165, 1.54) is 0 Å². The average molecular weight is 416 g/mol. The lowest BCUT2D eigenvalue weighted by Gasteiger charge is -2.35. The van der Waals surface area contributed by atoms with Gasteiger partial charge >= 0.3 is 0 Å². The summed E-state index contributed by atoms with van der Waals surface area (Å²) in [6.45, 7) is 5.07. The molecule has 3 aromatic rings. The summed E-state index contributed by atoms with van der Waals surface area (Å²) in [5, 5.41) is 8.92. The first-order chi connectivity index (χ1) is 15.2. The number of nitrogens with one attached hydrogen (secondary N) is 1. The van der Waals surface area contributed by atoms with Gasteiger partial charge in [0, 0.05) is 57.3 Å². The molecule has 2 aliphatic heterocycles. The summed E-state index contributed by atoms with van der Waals surface area (Å²) in [5.74, 6) is 0.908. The number of hydrogen-bond acceptors (Lipinski definition) is 7. The third kappa shape index (κ3) is 4.15. The topological polar surface area (TPSA) is 98.1 Å². The van der Waals surface area contributed by atoms with Crippen LogP contribution in [0.1, 0.15) is 35.6 Å². The second kappa shape index (κ2) is 8.46. The molecule has 3 aromatic heterocycles. The molecule has 0 aliphatic carbocycles. The normalized spacial score (nSPS) is 19.6. The predicted molar refractivity (Wildman–Crippen MR) is 117 cm³/mol. The van der Waals surface area contributed by atoms with Gasteiger partial charge in [-0.1, -0.05) is 0 Å². The van der Waals surface area contributed by atoms with Crippen molar-refractivity contribution in [3.05, 3.63) is 63.7 Å². The van der Waals surface area contributed by atoms with Gasteiger partial charge in [0.25, 0.3) is 5.56 Å². The summed E-state index contributed by atoms with van der Waals surface area (Å²) in [6.07, 6.45) is 5.28. The molecule has 1 unspecified atom stereocenters. The van der Waals surface area contributed by atoms with Crippen LogP contribution in [-0.4, -0.2) is 52.6 Å². The average Bonchev–Trinajstić information content (AvgIpc) is 3.34. The lowest BCUT2D eigenvalue weighted by atomic mass is 10.1. The lowest BCUT2D eigenvalue weighted by Crippen LogP contribution is -2.46. The van der Waals surface area contributed by atoms with E-state index in [1.54, 1.807) is 12.3 Å². The molecule has 0 amide bonds. The van der Waals surface area contributed by atoms with E-state index in [2.05, 4.69) is 30.8 Å². The molecule has 5 heterocycles. The van der Waals surface area contributed by atoms with E-state index in [0.717, 1.165) is 68.0 Å². The standard InChI is InChI=1S/C23H24N6O2/c24-12-16-3-4-22(26-13-16)29-7-5-28(6-8-29)15-17-10-20-19(25-14-17)11-18(23(30)27-20)21-2-1-9-31-21/h3-4,10-11,13-14,21H,1-2,5-9,15H2,(H,27,30). The SMILES string of the molecule is N#Cc1ccc(N2CCN(Cc3cnc4cc(C5CCCO5)c(=O)[nH]c4c3)CC2)nc1. The Morgan fingerprint density at radius 3 is 2.74 bits per heavy atom. The molecule has 5 rings (SSSR count). The van der Waals surface area contributed by atoms with E-state index >= 15 is 0 Å². The van der Waals surface area contributed by atoms with Crippen molar-refractivity contribution >= 4 is 16.9 Å². The van der Waals surface area contributed by atoms with Crippen molar-refractivity contribution < 1.29 is 4.74 Å². The van der Waals surface area contributed by atoms with Gasteiger partial charge in [0.05, 0.1) is 22.7 Å². The fourth-order valence-electron chi connectivity index (χ4n) is 4.32. The Balaban J connectivity index is 1.25. The lowest BCUT2D eigenvalue weighted by molar-refractivity contribution is 0.111. The molecule has 0 spiro atoms. The maximum atomic E-state index is 12.5. The van der Waals surface area contributed by atoms with Crippen LogP contribution in [0.5, 0.6) is 0 Å². The van der Waals surface area contributed by atoms with Gasteiger partial charge in [0.1, 0.15) is 11.9 Å². The summed E-state index contributed by atoms with van der Waals surface area (Å²) < 4.78 is 5.67. The first-order valence-electron chi connectivity index (χ1n) is 10.7. The highest BCUT2D eigenvalue weighted by Crippen LogP contribution is 2.27. The summed E-state index contributed by atoms with van der Waals surface area (Å²) in [5.41, 5.74) is 3.82. The predicted octanol–water partition coefficient (Wildman–Crippen LogP) is 2.36. The zero-order valence-electron chi connectivity index (χ0n) is 17.3. The number of pyridine rings is 3. The van der Waals surface area contributed by atoms with Crippen LogP contribution in [0.2, 0.25) is 0 Å². The molecule has 0 bridgehead atoms. The van der Waals surface area contributed by atoms with Crippen LogP contribution in [0.3, 0.4) is 0 Å². The maximum absolute atomic E-state index is 12.5. The number of nitrogens with zero attached hydrogens (tertiary/aromatic N) is 5. The van der Waals surface area contributed by atoms with Gasteiger partial charge in [-0.2, -0.15) is 5.26 Å². The number of nitriles is 1. The minimum atomic E-state index is -0.114. The Hall–Kier alpha value is -3.28. The number of ether oxygens (including phenoxy) is 1. The van der Waals surface area contributed by atoms with Gasteiger partial charge in [-0.25, -0.2) is 4.98 Å². The number of piperazine rings is 1. The quantitative estimate of drug-likeness (QED) is 0.697. The van der Waals surface area contributed by atoms with Gasteiger partial charge in [0.15, 0.2) is 0 Å². The molecule has 31 heavy (non-hydrogen) atoms. The molecule has 2 saturated heterocycles. The Bertz CT molecular complexity index is 1170. The monoisotopic (exact) mass is 416 g/mol. The van der Waals surface area contributed by atoms with Crippen LogP contribution in [0, 0.1) is 11.3 Å². The molecule has 2 aliphatic rings. The summed E-state index contributed by atoms with van der Waals surface area (Å²) in [7, 11) is 0. The molecule has 158 valence electrons. The molecule has 1 N–H and O–H groups in total. The van der Waals surface area contributed by atoms with Crippen molar-refractivity contribution in [1.82, 2.24) is 19.9 Å². The molecule has 0 aromatic carbocycles. The number of anilines is 1. The highest BCUT2D eigenvalue weighted by molar-refractivity contribution is 5.75. The third-order valence-electron chi connectivity index (χ3n) is 6.03. The van der Waals surface area contributed by atoms with Crippen molar-refractivity contribution in [1.29, 1.82) is 5.26 Å². The Morgan fingerprint density at radius 1 is 1.16 bits per heavy atom. The molecule has 8 nitrogen and oxygen atoms in total. The summed E-state index contributed by atoms with van der Waals surface area (Å²) in [6, 6.07) is 9.71. The third-order valence-corrected chi connectivity index (χ3v) is 6.03. The van der Waals surface area contributed by atoms with E-state index in [4.69, 9.17) is 10.00 Å². The van der Waals surface area contributed by atoms with Crippen molar-refractivity contribution in [3.63, 3.8) is 0 Å². The molecular weight excluding hydrogens is 392 g/mol. The van der Waals surface area contributed by atoms with E-state index in [1.807, 2.05) is 24.4 Å². The fourth-order valence-corrected chi connectivity index (χ4v) is 4.32. The Morgan fingerprint density at radius 2 is 2.03 bits per heavy atom. The van der Waals surface area contributed by atoms with E-state index in [-0.39, 0.29) is 11.7 Å². The van der Waals surface area contributed by atoms with Crippen LogP contribution in [0.4, 0.5) is 5.82 Å². The van der Waals surface area contributed by atoms with Crippen LogP contribution in [-0.2, 0) is 11.3 Å². The number of aromatic amines is 1. The van der Waals surface area contributed by atoms with Crippen molar-refractivity contribution in [2.75, 3.05) is 37.7 Å². The highest BCUT2D eigenvalue weighted by Gasteiger charge is 2.22. The van der Waals surface area contributed by atoms with Gasteiger partial charge in [-0.15, -0.1) is 0 Å². The van der Waals surface area contributed by atoms with Crippen LogP contribution < -0.4 is 10.5 Å². The minimum Gasteiger partial charge on any atom is -0.373 e. The fraction of sp³-hybridized carbons (Fsp3) is 0.391. The smallest absolute Gasteiger partial charge is 0.254 e. The molecular formula is C23H24N6O2. The van der Waals surface area contributed by atoms with Gasteiger partial charge < -0.3 is 14.6 Å². The van der Waals surface area contributed by atoms with E-state index in [0.29, 0.717) is 17.7 Å². The molecule has 0 saturated carbocycles. The number of hydrogen-bond donors (Lipinski definition) is 1. The van der Waals surface area contributed by atoms with Gasteiger partial charge in [0.2, 0.25) is 0 Å². The second-order valence-electron chi connectivity index (χ2n) is 8.11. The number of rotatable bonds is 4. The highest BCUT2D eigenvalue weighted by atomic mass is 16.5. The van der Waals surface area contributed by atoms with E-state index in [9.17, 15) is 4.79 Å².